The summed E-state index contributed by atoms with van der Waals surface area (Å²) in [6.07, 6.45) is -36.5. The Morgan fingerprint density at radius 1 is 0.457 bits per heavy atom. The zero-order valence-electron chi connectivity index (χ0n) is 62.1. The second-order valence-corrected chi connectivity index (χ2v) is 27.4. The number of H-pyrrole nitrogens is 1. The summed E-state index contributed by atoms with van der Waals surface area (Å²) in [7, 11) is 0. The van der Waals surface area contributed by atoms with Crippen LogP contribution in [0.15, 0.2) is 35.3 Å². The highest BCUT2D eigenvalue weighted by Crippen LogP contribution is 2.23. The Kier molecular flexibility index (Phi) is 43.6. The van der Waals surface area contributed by atoms with Crippen LogP contribution in [0.2, 0.25) is 0 Å². The van der Waals surface area contributed by atoms with Gasteiger partial charge >= 0.3 is 23.9 Å². The molecule has 0 aliphatic carbocycles. The molecule has 650 valence electrons. The van der Waals surface area contributed by atoms with Gasteiger partial charge in [0, 0.05) is 114 Å². The van der Waals surface area contributed by atoms with Crippen molar-refractivity contribution in [2.45, 2.75) is 200 Å². The number of hydrogen-bond donors (Lipinski definition) is 30. The molecule has 0 fully saturated rings. The molecule has 3 rings (SSSR count). The molecule has 0 radical (unpaired) electrons. The number of carbonyl (C=O) groups is 14. The van der Waals surface area contributed by atoms with Gasteiger partial charge in [0.25, 0.3) is 11.5 Å². The molecule has 48 heteroatoms. The van der Waals surface area contributed by atoms with Gasteiger partial charge in [-0.3, -0.25) is 67.3 Å². The van der Waals surface area contributed by atoms with Crippen molar-refractivity contribution >= 4 is 118 Å². The third kappa shape index (κ3) is 34.4. The van der Waals surface area contributed by atoms with Gasteiger partial charge in [0.2, 0.25) is 41.4 Å². The first-order valence-electron chi connectivity index (χ1n) is 36.0. The quantitative estimate of drug-likeness (QED) is 0.0233. The summed E-state index contributed by atoms with van der Waals surface area (Å²) in [6.45, 7) is -5.82. The summed E-state index contributed by atoms with van der Waals surface area (Å²) in [6, 6.07) is -2.18. The minimum atomic E-state index is -2.22. The van der Waals surface area contributed by atoms with Crippen LogP contribution in [-0.4, -0.2) is 342 Å². The van der Waals surface area contributed by atoms with Gasteiger partial charge in [-0.25, -0.2) is 19.6 Å². The minimum Gasteiger partial charge on any atom is -0.481 e. The van der Waals surface area contributed by atoms with Crippen molar-refractivity contribution in [3.8, 4) is 0 Å². The Labute approximate surface area is 664 Å². The first-order valence-corrected chi connectivity index (χ1v) is 36.6. The lowest BCUT2D eigenvalue weighted by Gasteiger charge is -2.26. The number of Topliss-reactive ketones (excluding diaryl/α,β-unsaturated/α-hetero) is 3. The van der Waals surface area contributed by atoms with Crippen LogP contribution in [0.5, 0.6) is 0 Å². The van der Waals surface area contributed by atoms with Gasteiger partial charge in [0.15, 0.2) is 22.7 Å². The van der Waals surface area contributed by atoms with Crippen LogP contribution in [-0.2, 0) is 68.9 Å². The number of carboxylic acids is 4. The van der Waals surface area contributed by atoms with Crippen LogP contribution >= 0.6 is 12.6 Å². The molecule has 0 saturated heterocycles. The molecular formula is C68H103N13O34S. The molecule has 47 nitrogen and oxygen atoms in total. The van der Waals surface area contributed by atoms with E-state index in [9.17, 15) is 164 Å². The monoisotopic (exact) mass is 1680 g/mol. The molecule has 0 aliphatic rings. The molecule has 1 aromatic carbocycles. The molecule has 0 bridgehead atoms. The number of carboxylic acid groups (broad SMARTS) is 4. The number of fused-ring (bicyclic) bond motifs is 1. The fraction of sp³-hybridized carbons (Fsp3) is 0.618. The number of aliphatic hydroxyl groups excluding tert-OH is 15. The van der Waals surface area contributed by atoms with E-state index in [1.807, 2.05) is 0 Å². The standard InChI is InChI=1S/C68H101N13O34S.H2/c69-68-80-60-53(65(111)81-68)75-34(21-74-60)20-70-33-6-1-29(2-7-33)61(107)78-38(66(112)113)9-8-35(85)17-30(3-12-48(94)71-22-42(88)54(101)57(104)45(91)25-82)62(108)76-36(10-15-51(97)98)40(86)18-31(4-13-49(95)72-23-43(89)55(102)58(105)46(92)26-83)63(109)77-37(11-16-52(99)100)41(87)19-32(64(110)79-39(28-116)67(114)115)5-14-50(96)73-24-44(90)56(103)59(106)47(93)27-84;/h1-2,6-7,21,30-32,36-39,42-47,54-59,70,82-84,88-93,101-106,116H,3-5,8-20,22-28H2,(H,71,94)(H,72,95)(H,73,96)(H,76,108)(H,77,109)(H,78,107)(H,79,110)(H,97,98)(H,99,100)(H,112,113)(H,114,115)(H3,69,74,80,81,111);1H/t30-,31-,32-,36+,37+,38+,39-,42+,43+,44+,45-,46-,47-,54-,55-,56-,57-,58-,59-;/m1./s1/i;1+1. The third-order valence-corrected chi connectivity index (χ3v) is 18.4. The fourth-order valence-electron chi connectivity index (χ4n) is 11.0. The molecule has 2 heterocycles. The molecule has 0 spiro atoms. The van der Waals surface area contributed by atoms with Crippen LogP contribution in [0.1, 0.15) is 114 Å². The van der Waals surface area contributed by atoms with Crippen LogP contribution in [0, 0.1) is 17.8 Å². The molecule has 2 aromatic heterocycles. The van der Waals surface area contributed by atoms with E-state index in [0.29, 0.717) is 11.4 Å². The summed E-state index contributed by atoms with van der Waals surface area (Å²) in [5.74, 6) is -24.3. The Hall–Kier alpha value is -10.0. The van der Waals surface area contributed by atoms with Crippen LogP contribution in [0.4, 0.5) is 11.6 Å². The van der Waals surface area contributed by atoms with E-state index >= 15 is 0 Å². The summed E-state index contributed by atoms with van der Waals surface area (Å²) in [5.41, 5.74) is 5.43. The van der Waals surface area contributed by atoms with Crippen LogP contribution in [0.3, 0.4) is 0 Å². The van der Waals surface area contributed by atoms with E-state index in [2.05, 4.69) is 75.1 Å². The highest BCUT2D eigenvalue weighted by Gasteiger charge is 2.38. The average molecular weight is 1680 g/mol. The zero-order valence-corrected chi connectivity index (χ0v) is 63.0. The lowest BCUT2D eigenvalue weighted by atomic mass is 9.89. The van der Waals surface area contributed by atoms with Gasteiger partial charge in [-0.15, -0.1) is 0 Å². The summed E-state index contributed by atoms with van der Waals surface area (Å²) >= 11 is 3.90. The number of anilines is 2. The third-order valence-electron chi connectivity index (χ3n) is 18.1. The van der Waals surface area contributed by atoms with Crippen LogP contribution < -0.4 is 53.8 Å². The number of carbonyl (C=O) groups excluding carboxylic acids is 10. The first-order chi connectivity index (χ1) is 54.5. The average Bonchev–Trinajstić information content (AvgIpc) is 0.810. The van der Waals surface area contributed by atoms with Gasteiger partial charge in [0.05, 0.1) is 68.7 Å². The van der Waals surface area contributed by atoms with E-state index in [1.54, 1.807) is 0 Å². The lowest BCUT2D eigenvalue weighted by molar-refractivity contribution is -0.142. The van der Waals surface area contributed by atoms with Crippen molar-refractivity contribution in [2.24, 2.45) is 17.8 Å². The molecule has 0 unspecified atom stereocenters. The minimum absolute atomic E-state index is 0. The number of aromatic amines is 1. The predicted molar refractivity (Wildman–Crippen MR) is 397 cm³/mol. The van der Waals surface area contributed by atoms with Crippen molar-refractivity contribution < 1.29 is 166 Å². The maximum atomic E-state index is 14.8. The number of benzene rings is 1. The van der Waals surface area contributed by atoms with E-state index in [4.69, 9.17) is 10.8 Å². The lowest BCUT2D eigenvalue weighted by Crippen LogP contribution is -2.50. The molecule has 7 amide bonds. The first kappa shape index (κ1) is 100. The predicted octanol–water partition coefficient (Wildman–Crippen LogP) is -11.0. The van der Waals surface area contributed by atoms with Crippen molar-refractivity contribution in [3.05, 3.63) is 52.1 Å². The number of nitrogens with one attached hydrogen (secondary N) is 9. The maximum absolute atomic E-state index is 14.8. The van der Waals surface area contributed by atoms with Gasteiger partial charge in [-0.2, -0.15) is 17.6 Å². The summed E-state index contributed by atoms with van der Waals surface area (Å²) in [5, 5.41) is 207. The van der Waals surface area contributed by atoms with Crippen molar-refractivity contribution in [1.29, 1.82) is 0 Å². The number of thiol groups is 1. The molecule has 3 aromatic rings. The number of nitrogens with two attached hydrogens (primary N) is 1. The van der Waals surface area contributed by atoms with Gasteiger partial charge < -0.3 is 145 Å². The van der Waals surface area contributed by atoms with Gasteiger partial charge in [0.1, 0.15) is 72.8 Å². The summed E-state index contributed by atoms with van der Waals surface area (Å²) in [4.78, 5) is 215. The second-order valence-electron chi connectivity index (χ2n) is 27.0. The van der Waals surface area contributed by atoms with Crippen molar-refractivity contribution in [2.75, 3.05) is 56.3 Å². The highest BCUT2D eigenvalue weighted by atomic mass is 32.1. The van der Waals surface area contributed by atoms with Gasteiger partial charge in [-0.1, -0.05) is 0 Å². The molecule has 30 N–H and O–H groups in total. The number of ketones is 3. The fourth-order valence-corrected chi connectivity index (χ4v) is 11.3. The van der Waals surface area contributed by atoms with E-state index in [1.165, 1.54) is 30.5 Å². The van der Waals surface area contributed by atoms with E-state index in [-0.39, 0.29) is 30.6 Å². The van der Waals surface area contributed by atoms with Crippen molar-refractivity contribution in [1.82, 2.24) is 57.2 Å². The topological polar surface area (TPSA) is 817 Å². The van der Waals surface area contributed by atoms with Crippen molar-refractivity contribution in [3.63, 3.8) is 0 Å². The highest BCUT2D eigenvalue weighted by molar-refractivity contribution is 7.80. The Bertz CT molecular complexity index is 3880. The number of hydrogen-bond acceptors (Lipinski definition) is 36. The Balaban J connectivity index is 0.0000464. The number of nitrogens with zero attached hydrogens (tertiary/aromatic N) is 3. The number of aliphatic hydroxyl groups is 15. The SMILES string of the molecule is Nc1nc2ncc(CNc3ccc(C(=O)N[C@@H](CCC(=O)C[C@@H](CCC(=O)NC[C@H](O)[C@@H](O)[C@H](O)[C@H](O)CO)C(=O)N[C@@H](CCC(=O)O)C(=O)C[C@@H](CCC(=O)NC[C@H](O)[C@@H](O)[C@H](O)[C@H](O)CO)C(=O)N[C@@H](CCC(=O)O)C(=O)C[C@@H](CCC(=O)NC[C@H](O)[C@@H](O)[C@H](O)[C@H](O)CO)C(=O)N[C@H](CS)C(=O)O)C(=O)O)cc3)nc2c(=O)[nH]1.[2HH]. The Morgan fingerprint density at radius 2 is 0.828 bits per heavy atom. The molecular weight excluding hydrogens is 1570 g/mol. The molecule has 0 aliphatic heterocycles. The second kappa shape index (κ2) is 50.5. The zero-order chi connectivity index (χ0) is 87.4. The largest absolute Gasteiger partial charge is 0.481 e. The number of nitrogen functional groups attached to an aromatic ring is 1. The van der Waals surface area contributed by atoms with Gasteiger partial charge in [-0.05, 0) is 62.8 Å². The van der Waals surface area contributed by atoms with E-state index < -0.39 is 345 Å². The Morgan fingerprint density at radius 3 is 1.20 bits per heavy atom. The molecule has 116 heavy (non-hydrogen) atoms. The smallest absolute Gasteiger partial charge is 0.327 e. The number of rotatable bonds is 58. The normalized spacial score (nSPS) is 16.4. The summed E-state index contributed by atoms with van der Waals surface area (Å²) < 4.78 is 0. The van der Waals surface area contributed by atoms with Crippen LogP contribution in [0.25, 0.3) is 11.2 Å². The maximum Gasteiger partial charge on any atom is 0.327 e. The number of aromatic nitrogens is 4. The number of amides is 7. The molecule has 19 atom stereocenters. The number of aliphatic carboxylic acids is 4. The van der Waals surface area contributed by atoms with E-state index in [0.717, 1.165) is 0 Å². The molecule has 0 saturated carbocycles.